The lowest BCUT2D eigenvalue weighted by Gasteiger charge is -2.22. The van der Waals surface area contributed by atoms with Gasteiger partial charge in [-0.3, -0.25) is 4.79 Å². The van der Waals surface area contributed by atoms with E-state index in [0.29, 0.717) is 17.7 Å². The van der Waals surface area contributed by atoms with Gasteiger partial charge in [-0.1, -0.05) is 0 Å². The molecule has 0 saturated carbocycles. The standard InChI is InChI=1S/C12H19N3O2/c1-9-14-11(8-12(16)15-9)13-6-5-10-4-2-3-7-17-10/h8,10H,2-7H2,1H3,(H2,13,14,15,16). The predicted molar refractivity (Wildman–Crippen MR) is 66.3 cm³/mol. The zero-order valence-electron chi connectivity index (χ0n) is 10.2. The minimum atomic E-state index is -0.117. The second kappa shape index (κ2) is 5.82. The molecule has 5 heteroatoms. The first kappa shape index (κ1) is 12.1. The first-order valence-electron chi connectivity index (χ1n) is 6.17. The first-order chi connectivity index (χ1) is 8.24. The number of nitrogens with zero attached hydrogens (tertiary/aromatic N) is 1. The van der Waals surface area contributed by atoms with Gasteiger partial charge in [0.25, 0.3) is 5.56 Å². The van der Waals surface area contributed by atoms with E-state index in [4.69, 9.17) is 4.74 Å². The van der Waals surface area contributed by atoms with Crippen LogP contribution in [-0.4, -0.2) is 29.2 Å². The van der Waals surface area contributed by atoms with Gasteiger partial charge >= 0.3 is 0 Å². The Labute approximate surface area is 101 Å². The van der Waals surface area contributed by atoms with Crippen LogP contribution in [0.3, 0.4) is 0 Å². The highest BCUT2D eigenvalue weighted by Crippen LogP contribution is 2.15. The third kappa shape index (κ3) is 3.85. The largest absolute Gasteiger partial charge is 0.378 e. The first-order valence-corrected chi connectivity index (χ1v) is 6.17. The summed E-state index contributed by atoms with van der Waals surface area (Å²) in [5.41, 5.74) is -0.117. The second-order valence-electron chi connectivity index (χ2n) is 4.42. The number of nitrogens with one attached hydrogen (secondary N) is 2. The summed E-state index contributed by atoms with van der Waals surface area (Å²) in [7, 11) is 0. The van der Waals surface area contributed by atoms with Gasteiger partial charge in [-0.05, 0) is 32.6 Å². The molecule has 0 spiro atoms. The SMILES string of the molecule is Cc1nc(NCCC2CCCCO2)cc(=O)[nH]1. The van der Waals surface area contributed by atoms with Crippen molar-refractivity contribution in [1.82, 2.24) is 9.97 Å². The molecular formula is C12H19N3O2. The maximum atomic E-state index is 11.2. The van der Waals surface area contributed by atoms with Gasteiger partial charge in [-0.2, -0.15) is 0 Å². The number of aromatic amines is 1. The third-order valence-electron chi connectivity index (χ3n) is 2.91. The van der Waals surface area contributed by atoms with Crippen LogP contribution >= 0.6 is 0 Å². The van der Waals surface area contributed by atoms with E-state index in [-0.39, 0.29) is 5.56 Å². The minimum Gasteiger partial charge on any atom is -0.378 e. The van der Waals surface area contributed by atoms with Gasteiger partial charge in [0.15, 0.2) is 0 Å². The van der Waals surface area contributed by atoms with Crippen LogP contribution in [0.5, 0.6) is 0 Å². The highest BCUT2D eigenvalue weighted by Gasteiger charge is 2.13. The molecule has 1 aromatic heterocycles. The summed E-state index contributed by atoms with van der Waals surface area (Å²) >= 11 is 0. The van der Waals surface area contributed by atoms with Crippen LogP contribution in [0.1, 0.15) is 31.5 Å². The Kier molecular flexibility index (Phi) is 4.14. The zero-order chi connectivity index (χ0) is 12.1. The maximum Gasteiger partial charge on any atom is 0.252 e. The van der Waals surface area contributed by atoms with E-state index in [0.717, 1.165) is 26.0 Å². The fourth-order valence-electron chi connectivity index (χ4n) is 2.07. The topological polar surface area (TPSA) is 67.0 Å². The molecule has 1 aliphatic rings. The van der Waals surface area contributed by atoms with Crippen molar-refractivity contribution in [3.8, 4) is 0 Å². The molecule has 2 N–H and O–H groups in total. The molecule has 0 amide bonds. The van der Waals surface area contributed by atoms with Gasteiger partial charge in [0, 0.05) is 19.2 Å². The Bertz CT molecular complexity index is 410. The van der Waals surface area contributed by atoms with Gasteiger partial charge in [-0.15, -0.1) is 0 Å². The number of H-pyrrole nitrogens is 1. The normalized spacial score (nSPS) is 20.2. The molecule has 1 fully saturated rings. The summed E-state index contributed by atoms with van der Waals surface area (Å²) in [6.07, 6.45) is 4.90. The molecule has 1 atom stereocenters. The average Bonchev–Trinajstić information content (AvgIpc) is 2.29. The molecule has 0 aromatic carbocycles. The molecule has 1 aliphatic heterocycles. The average molecular weight is 237 g/mol. The number of hydrogen-bond acceptors (Lipinski definition) is 4. The van der Waals surface area contributed by atoms with E-state index in [1.165, 1.54) is 18.9 Å². The number of rotatable bonds is 4. The third-order valence-corrected chi connectivity index (χ3v) is 2.91. The lowest BCUT2D eigenvalue weighted by atomic mass is 10.1. The minimum absolute atomic E-state index is 0.117. The summed E-state index contributed by atoms with van der Waals surface area (Å²) in [5, 5.41) is 3.16. The van der Waals surface area contributed by atoms with E-state index in [2.05, 4.69) is 15.3 Å². The van der Waals surface area contributed by atoms with Crippen molar-refractivity contribution in [1.29, 1.82) is 0 Å². The van der Waals surface area contributed by atoms with E-state index < -0.39 is 0 Å². The van der Waals surface area contributed by atoms with Crippen molar-refractivity contribution in [3.05, 3.63) is 22.2 Å². The van der Waals surface area contributed by atoms with Crippen LogP contribution in [0.4, 0.5) is 5.82 Å². The smallest absolute Gasteiger partial charge is 0.252 e. The molecule has 1 aromatic rings. The van der Waals surface area contributed by atoms with Crippen molar-refractivity contribution < 1.29 is 4.74 Å². The van der Waals surface area contributed by atoms with Gasteiger partial charge in [0.2, 0.25) is 0 Å². The highest BCUT2D eigenvalue weighted by atomic mass is 16.5. The van der Waals surface area contributed by atoms with Crippen LogP contribution in [0.2, 0.25) is 0 Å². The van der Waals surface area contributed by atoms with Crippen molar-refractivity contribution in [2.45, 2.75) is 38.7 Å². The molecule has 0 aliphatic carbocycles. The van der Waals surface area contributed by atoms with Crippen molar-refractivity contribution >= 4 is 5.82 Å². The second-order valence-corrected chi connectivity index (χ2v) is 4.42. The molecule has 5 nitrogen and oxygen atoms in total. The number of aryl methyl sites for hydroxylation is 1. The van der Waals surface area contributed by atoms with Gasteiger partial charge in [0.05, 0.1) is 6.10 Å². The number of aromatic nitrogens is 2. The Morgan fingerprint density at radius 3 is 3.18 bits per heavy atom. The number of ether oxygens (including phenoxy) is 1. The molecule has 2 rings (SSSR count). The summed E-state index contributed by atoms with van der Waals surface area (Å²) in [4.78, 5) is 18.0. The lowest BCUT2D eigenvalue weighted by Crippen LogP contribution is -2.22. The molecule has 94 valence electrons. The van der Waals surface area contributed by atoms with Crippen LogP contribution in [0.15, 0.2) is 10.9 Å². The van der Waals surface area contributed by atoms with Crippen molar-refractivity contribution in [3.63, 3.8) is 0 Å². The summed E-state index contributed by atoms with van der Waals surface area (Å²) < 4.78 is 5.64. The van der Waals surface area contributed by atoms with E-state index in [1.54, 1.807) is 6.92 Å². The fourth-order valence-corrected chi connectivity index (χ4v) is 2.07. The number of hydrogen-bond donors (Lipinski definition) is 2. The Morgan fingerprint density at radius 2 is 2.47 bits per heavy atom. The van der Waals surface area contributed by atoms with Crippen molar-refractivity contribution in [2.75, 3.05) is 18.5 Å². The quantitative estimate of drug-likeness (QED) is 0.831. The van der Waals surface area contributed by atoms with Crippen LogP contribution in [0.25, 0.3) is 0 Å². The highest BCUT2D eigenvalue weighted by molar-refractivity contribution is 5.32. The molecule has 0 radical (unpaired) electrons. The Balaban J connectivity index is 1.79. The summed E-state index contributed by atoms with van der Waals surface area (Å²) in [6, 6.07) is 1.48. The van der Waals surface area contributed by atoms with Gasteiger partial charge in [-0.25, -0.2) is 4.98 Å². The lowest BCUT2D eigenvalue weighted by molar-refractivity contribution is 0.0134. The zero-order valence-corrected chi connectivity index (χ0v) is 10.2. The summed E-state index contributed by atoms with van der Waals surface area (Å²) in [6.45, 7) is 3.45. The van der Waals surface area contributed by atoms with Crippen LogP contribution in [0, 0.1) is 6.92 Å². The monoisotopic (exact) mass is 237 g/mol. The van der Waals surface area contributed by atoms with Gasteiger partial charge < -0.3 is 15.0 Å². The number of anilines is 1. The molecular weight excluding hydrogens is 218 g/mol. The maximum absolute atomic E-state index is 11.2. The molecule has 0 bridgehead atoms. The Morgan fingerprint density at radius 1 is 1.59 bits per heavy atom. The molecule has 2 heterocycles. The van der Waals surface area contributed by atoms with E-state index in [9.17, 15) is 4.79 Å². The van der Waals surface area contributed by atoms with Crippen LogP contribution < -0.4 is 10.9 Å². The van der Waals surface area contributed by atoms with Crippen LogP contribution in [-0.2, 0) is 4.74 Å². The molecule has 1 unspecified atom stereocenters. The van der Waals surface area contributed by atoms with E-state index >= 15 is 0 Å². The predicted octanol–water partition coefficient (Wildman–Crippen LogP) is 1.45. The van der Waals surface area contributed by atoms with Crippen molar-refractivity contribution in [2.24, 2.45) is 0 Å². The summed E-state index contributed by atoms with van der Waals surface area (Å²) in [5.74, 6) is 1.27. The molecule has 17 heavy (non-hydrogen) atoms. The molecule has 1 saturated heterocycles. The Hall–Kier alpha value is -1.36. The van der Waals surface area contributed by atoms with Gasteiger partial charge in [0.1, 0.15) is 11.6 Å². The van der Waals surface area contributed by atoms with E-state index in [1.807, 2.05) is 0 Å². The fraction of sp³-hybridized carbons (Fsp3) is 0.667.